The highest BCUT2D eigenvalue weighted by molar-refractivity contribution is 6.58. The minimum atomic E-state index is -1.67. The van der Waals surface area contributed by atoms with Gasteiger partial charge in [-0.25, -0.2) is 4.63 Å². The van der Waals surface area contributed by atoms with Gasteiger partial charge in [-0.3, -0.25) is 19.7 Å². The predicted octanol–water partition coefficient (Wildman–Crippen LogP) is 0.714. The molecule has 0 bridgehead atoms. The van der Waals surface area contributed by atoms with Gasteiger partial charge in [-0.15, -0.1) is 0 Å². The third-order valence-corrected chi connectivity index (χ3v) is 5.16. The molecule has 13 nitrogen and oxygen atoms in total. The van der Waals surface area contributed by atoms with Gasteiger partial charge in [0, 0.05) is 36.0 Å². The molecule has 4 rings (SSSR count). The van der Waals surface area contributed by atoms with Gasteiger partial charge in [0.2, 0.25) is 5.52 Å². The number of hydrogen-bond donors (Lipinski definition) is 5. The Labute approximate surface area is 203 Å². The van der Waals surface area contributed by atoms with Crippen LogP contribution >= 0.6 is 0 Å². The molecule has 0 radical (unpaired) electrons. The molecule has 0 aliphatic carbocycles. The monoisotopic (exact) mass is 490 g/mol. The summed E-state index contributed by atoms with van der Waals surface area (Å²) in [6.07, 6.45) is 0. The number of benzene rings is 3. The number of rotatable bonds is 9. The number of nitrogens with one attached hydrogen (secondary N) is 3. The molecule has 36 heavy (non-hydrogen) atoms. The highest BCUT2D eigenvalue weighted by Gasteiger charge is 2.19. The van der Waals surface area contributed by atoms with Gasteiger partial charge in [-0.1, -0.05) is 12.1 Å². The maximum absolute atomic E-state index is 12.4. The van der Waals surface area contributed by atoms with Gasteiger partial charge in [0.25, 0.3) is 11.8 Å². The topological polar surface area (TPSA) is 193 Å². The molecule has 1 aromatic heterocycles. The number of nitro groups is 1. The van der Waals surface area contributed by atoms with Crippen molar-refractivity contribution in [2.75, 3.05) is 18.4 Å². The second-order valence-corrected chi connectivity index (χ2v) is 7.56. The minimum absolute atomic E-state index is 0.0202. The van der Waals surface area contributed by atoms with E-state index in [0.717, 1.165) is 0 Å². The van der Waals surface area contributed by atoms with E-state index in [2.05, 4.69) is 30.9 Å². The molecule has 2 amide bonds. The van der Waals surface area contributed by atoms with E-state index in [9.17, 15) is 29.8 Å². The fourth-order valence-corrected chi connectivity index (χ4v) is 3.36. The molecule has 0 atom stereocenters. The Morgan fingerprint density at radius 3 is 2.25 bits per heavy atom. The van der Waals surface area contributed by atoms with Crippen molar-refractivity contribution >= 4 is 52.5 Å². The zero-order valence-electron chi connectivity index (χ0n) is 18.5. The van der Waals surface area contributed by atoms with Gasteiger partial charge in [-0.2, -0.15) is 0 Å². The molecule has 0 unspecified atom stereocenters. The lowest BCUT2D eigenvalue weighted by Gasteiger charge is -2.09. The Bertz CT molecular complexity index is 1420. The minimum Gasteiger partial charge on any atom is -0.423 e. The number of carbonyl (C=O) groups excluding carboxylic acids is 2. The summed E-state index contributed by atoms with van der Waals surface area (Å²) >= 11 is 0. The summed E-state index contributed by atoms with van der Waals surface area (Å²) in [6.45, 7) is 0.338. The third kappa shape index (κ3) is 5.46. The smallest absolute Gasteiger partial charge is 0.423 e. The number of carbonyl (C=O) groups is 2. The summed E-state index contributed by atoms with van der Waals surface area (Å²) in [5, 5.41) is 45.2. The van der Waals surface area contributed by atoms with Crippen molar-refractivity contribution in [3.05, 3.63) is 81.9 Å². The number of nitro benzene ring substituents is 1. The number of nitrogens with zero attached hydrogens (tertiary/aromatic N) is 3. The van der Waals surface area contributed by atoms with Crippen LogP contribution in [0.1, 0.15) is 20.7 Å². The first-order valence-electron chi connectivity index (χ1n) is 10.6. The average molecular weight is 490 g/mol. The van der Waals surface area contributed by atoms with Crippen LogP contribution in [-0.4, -0.2) is 57.3 Å². The van der Waals surface area contributed by atoms with E-state index in [0.29, 0.717) is 16.9 Å². The van der Waals surface area contributed by atoms with Crippen molar-refractivity contribution in [2.45, 2.75) is 0 Å². The van der Waals surface area contributed by atoms with Crippen LogP contribution in [0, 0.1) is 10.1 Å². The average Bonchev–Trinajstić information content (AvgIpc) is 3.37. The number of anilines is 2. The van der Waals surface area contributed by atoms with E-state index in [1.54, 1.807) is 24.3 Å². The normalized spacial score (nSPS) is 10.6. The summed E-state index contributed by atoms with van der Waals surface area (Å²) < 4.78 is 4.64. The van der Waals surface area contributed by atoms with Gasteiger partial charge >= 0.3 is 12.8 Å². The van der Waals surface area contributed by atoms with Crippen LogP contribution in [0.5, 0.6) is 0 Å². The predicted molar refractivity (Wildman–Crippen MR) is 129 cm³/mol. The molecule has 0 saturated heterocycles. The van der Waals surface area contributed by atoms with Crippen molar-refractivity contribution < 1.29 is 29.2 Å². The van der Waals surface area contributed by atoms with Crippen molar-refractivity contribution in [3.63, 3.8) is 0 Å². The number of amides is 2. The van der Waals surface area contributed by atoms with E-state index in [4.69, 9.17) is 0 Å². The summed E-state index contributed by atoms with van der Waals surface area (Å²) in [5.41, 5.74) is 1.90. The van der Waals surface area contributed by atoms with Crippen molar-refractivity contribution in [1.29, 1.82) is 0 Å². The maximum Gasteiger partial charge on any atom is 0.488 e. The van der Waals surface area contributed by atoms with E-state index < -0.39 is 17.9 Å². The molecule has 0 fully saturated rings. The van der Waals surface area contributed by atoms with Crippen molar-refractivity contribution in [1.82, 2.24) is 20.9 Å². The first kappa shape index (κ1) is 24.3. The maximum atomic E-state index is 12.4. The summed E-state index contributed by atoms with van der Waals surface area (Å²) in [6, 6.07) is 15.2. The lowest BCUT2D eigenvalue weighted by molar-refractivity contribution is -0.383. The van der Waals surface area contributed by atoms with Gasteiger partial charge in [0.05, 0.1) is 10.6 Å². The molecule has 0 aliphatic heterocycles. The fraction of sp³-hybridized carbons (Fsp3) is 0.0909. The second-order valence-electron chi connectivity index (χ2n) is 7.56. The van der Waals surface area contributed by atoms with Gasteiger partial charge in [0.1, 0.15) is 0 Å². The first-order valence-corrected chi connectivity index (χ1v) is 10.6. The standard InChI is InChI=1S/C22H19BN6O7/c30-21(24-10-11-25-22(31)14-2-1-3-15(12-14)23(32)33)13-4-6-16(7-5-13)26-17-8-9-18(29(34)35)20-19(17)27-36-28-20/h1-9,12,26,32-33H,10-11H2,(H,24,30)(H,25,31). The number of aromatic nitrogens is 2. The lowest BCUT2D eigenvalue weighted by atomic mass is 9.79. The SMILES string of the molecule is O=C(NCCNC(=O)c1cccc(B(O)O)c1)c1ccc(Nc2ccc([N+](=O)[O-])c3nonc23)cc1. The van der Waals surface area contributed by atoms with Crippen LogP contribution < -0.4 is 21.4 Å². The summed E-state index contributed by atoms with van der Waals surface area (Å²) in [7, 11) is -1.67. The number of fused-ring (bicyclic) bond motifs is 1. The van der Waals surface area contributed by atoms with E-state index in [1.807, 2.05) is 0 Å². The van der Waals surface area contributed by atoms with Crippen LogP contribution in [0.25, 0.3) is 11.0 Å². The Hall–Kier alpha value is -4.82. The molecule has 182 valence electrons. The van der Waals surface area contributed by atoms with E-state index in [1.165, 1.54) is 36.4 Å². The highest BCUT2D eigenvalue weighted by atomic mass is 16.6. The third-order valence-electron chi connectivity index (χ3n) is 5.16. The highest BCUT2D eigenvalue weighted by Crippen LogP contribution is 2.30. The molecule has 0 saturated carbocycles. The van der Waals surface area contributed by atoms with Crippen LogP contribution in [0.4, 0.5) is 17.1 Å². The molecular formula is C22H19BN6O7. The molecule has 0 aliphatic rings. The van der Waals surface area contributed by atoms with Crippen molar-refractivity contribution in [3.8, 4) is 0 Å². The number of hydrogen-bond acceptors (Lipinski definition) is 10. The molecule has 4 aromatic rings. The van der Waals surface area contributed by atoms with E-state index >= 15 is 0 Å². The Morgan fingerprint density at radius 2 is 1.58 bits per heavy atom. The second kappa shape index (κ2) is 10.6. The van der Waals surface area contributed by atoms with Crippen LogP contribution in [0.15, 0.2) is 65.3 Å². The van der Waals surface area contributed by atoms with Crippen LogP contribution in [0.2, 0.25) is 0 Å². The Balaban J connectivity index is 1.30. The van der Waals surface area contributed by atoms with E-state index in [-0.39, 0.29) is 46.7 Å². The first-order chi connectivity index (χ1) is 17.3. The molecule has 14 heteroatoms. The Kier molecular flexibility index (Phi) is 7.18. The molecular weight excluding hydrogens is 471 g/mol. The van der Waals surface area contributed by atoms with Gasteiger partial charge in [-0.05, 0) is 58.2 Å². The summed E-state index contributed by atoms with van der Waals surface area (Å²) in [5.74, 6) is -0.760. The quantitative estimate of drug-likeness (QED) is 0.0966. The van der Waals surface area contributed by atoms with Crippen LogP contribution in [-0.2, 0) is 0 Å². The molecule has 3 aromatic carbocycles. The zero-order chi connectivity index (χ0) is 25.7. The van der Waals surface area contributed by atoms with Crippen molar-refractivity contribution in [2.24, 2.45) is 0 Å². The molecule has 1 heterocycles. The number of non-ortho nitro benzene ring substituents is 1. The Morgan fingerprint density at radius 1 is 0.917 bits per heavy atom. The largest absolute Gasteiger partial charge is 0.488 e. The van der Waals surface area contributed by atoms with Crippen LogP contribution in [0.3, 0.4) is 0 Å². The van der Waals surface area contributed by atoms with Gasteiger partial charge < -0.3 is 26.0 Å². The molecule has 0 spiro atoms. The lowest BCUT2D eigenvalue weighted by Crippen LogP contribution is -2.35. The van der Waals surface area contributed by atoms with Gasteiger partial charge in [0.15, 0.2) is 5.52 Å². The fourth-order valence-electron chi connectivity index (χ4n) is 3.36. The summed E-state index contributed by atoms with van der Waals surface area (Å²) in [4.78, 5) is 35.1. The zero-order valence-corrected chi connectivity index (χ0v) is 18.5. The molecule has 5 N–H and O–H groups in total.